The van der Waals surface area contributed by atoms with E-state index in [0.29, 0.717) is 11.8 Å². The van der Waals surface area contributed by atoms with Crippen LogP contribution in [0, 0.1) is 5.92 Å². The monoisotopic (exact) mass is 300 g/mol. The molecule has 1 aromatic rings. The number of piperazine rings is 1. The van der Waals surface area contributed by atoms with Gasteiger partial charge in [-0.05, 0) is 29.9 Å². The van der Waals surface area contributed by atoms with Crippen LogP contribution in [0.3, 0.4) is 0 Å². The molecule has 0 unspecified atom stereocenters. The first-order valence-corrected chi connectivity index (χ1v) is 8.60. The summed E-state index contributed by atoms with van der Waals surface area (Å²) in [6, 6.07) is 8.71. The molecule has 1 amide bonds. The third kappa shape index (κ3) is 2.99. The third-order valence-corrected chi connectivity index (χ3v) is 5.10. The van der Waals surface area contributed by atoms with E-state index in [-0.39, 0.29) is 5.41 Å². The normalized spacial score (nSPS) is 20.0. The zero-order valence-electron chi connectivity index (χ0n) is 14.1. The molecule has 2 aliphatic rings. The Kier molecular flexibility index (Phi) is 4.16. The van der Waals surface area contributed by atoms with E-state index in [2.05, 4.69) is 54.8 Å². The van der Waals surface area contributed by atoms with Crippen LogP contribution in [0.2, 0.25) is 0 Å². The number of hydrogen-bond donors (Lipinski definition) is 0. The molecule has 1 heterocycles. The molecule has 0 N–H and O–H groups in total. The molecule has 1 aliphatic heterocycles. The van der Waals surface area contributed by atoms with Crippen molar-refractivity contribution in [3.05, 3.63) is 29.8 Å². The predicted octanol–water partition coefficient (Wildman–Crippen LogP) is 3.43. The highest BCUT2D eigenvalue weighted by atomic mass is 16.2. The van der Waals surface area contributed by atoms with Crippen LogP contribution in [0.4, 0.5) is 5.69 Å². The van der Waals surface area contributed by atoms with Crippen LogP contribution >= 0.6 is 0 Å². The fraction of sp³-hybridized carbons (Fsp3) is 0.632. The molecule has 0 aromatic heterocycles. The summed E-state index contributed by atoms with van der Waals surface area (Å²) in [5.74, 6) is 0.725. The predicted molar refractivity (Wildman–Crippen MR) is 91.3 cm³/mol. The van der Waals surface area contributed by atoms with Crippen molar-refractivity contribution in [2.75, 3.05) is 31.1 Å². The molecule has 1 aromatic carbocycles. The summed E-state index contributed by atoms with van der Waals surface area (Å²) in [4.78, 5) is 16.9. The van der Waals surface area contributed by atoms with Crippen molar-refractivity contribution in [1.29, 1.82) is 0 Å². The van der Waals surface area contributed by atoms with Crippen LogP contribution in [-0.4, -0.2) is 37.0 Å². The summed E-state index contributed by atoms with van der Waals surface area (Å²) in [5, 5.41) is 0. The lowest BCUT2D eigenvalue weighted by Gasteiger charge is -2.40. The van der Waals surface area contributed by atoms with Gasteiger partial charge in [-0.25, -0.2) is 0 Å². The summed E-state index contributed by atoms with van der Waals surface area (Å²) in [6.07, 6.45) is 3.44. The average Bonchev–Trinajstić information content (AvgIpc) is 2.45. The molecule has 0 atom stereocenters. The van der Waals surface area contributed by atoms with Crippen molar-refractivity contribution in [2.24, 2.45) is 5.92 Å². The fourth-order valence-corrected chi connectivity index (χ4v) is 3.46. The van der Waals surface area contributed by atoms with E-state index in [1.165, 1.54) is 17.7 Å². The minimum Gasteiger partial charge on any atom is -0.368 e. The standard InChI is InChI=1S/C19H28N2O/c1-19(2,3)16-9-4-5-10-17(16)20-11-13-21(14-12-20)18(22)15-7-6-8-15/h4-5,9-10,15H,6-8,11-14H2,1-3H3. The Morgan fingerprint density at radius 1 is 1.05 bits per heavy atom. The minimum absolute atomic E-state index is 0.148. The SMILES string of the molecule is CC(C)(C)c1ccccc1N1CCN(C(=O)C2CCC2)CC1. The first-order chi connectivity index (χ1) is 10.5. The zero-order valence-corrected chi connectivity index (χ0v) is 14.1. The molecule has 0 radical (unpaired) electrons. The number of nitrogens with zero attached hydrogens (tertiary/aromatic N) is 2. The lowest BCUT2D eigenvalue weighted by molar-refractivity contribution is -0.138. The average molecular weight is 300 g/mol. The van der Waals surface area contributed by atoms with Gasteiger partial charge in [-0.15, -0.1) is 0 Å². The molecular weight excluding hydrogens is 272 g/mol. The van der Waals surface area contributed by atoms with Gasteiger partial charge in [0.05, 0.1) is 0 Å². The molecular formula is C19H28N2O. The lowest BCUT2D eigenvalue weighted by Crippen LogP contribution is -2.51. The highest BCUT2D eigenvalue weighted by Gasteiger charge is 2.31. The van der Waals surface area contributed by atoms with Gasteiger partial charge in [0, 0.05) is 37.8 Å². The molecule has 1 saturated carbocycles. The molecule has 3 rings (SSSR count). The van der Waals surface area contributed by atoms with Crippen LogP contribution in [0.1, 0.15) is 45.6 Å². The number of hydrogen-bond acceptors (Lipinski definition) is 2. The first kappa shape index (κ1) is 15.4. The molecule has 3 nitrogen and oxygen atoms in total. The largest absolute Gasteiger partial charge is 0.368 e. The summed E-state index contributed by atoms with van der Waals surface area (Å²) >= 11 is 0. The van der Waals surface area contributed by atoms with Gasteiger partial charge in [-0.2, -0.15) is 0 Å². The maximum Gasteiger partial charge on any atom is 0.225 e. The van der Waals surface area contributed by atoms with Crippen molar-refractivity contribution in [1.82, 2.24) is 4.90 Å². The van der Waals surface area contributed by atoms with Gasteiger partial charge < -0.3 is 9.80 Å². The van der Waals surface area contributed by atoms with Crippen molar-refractivity contribution in [3.8, 4) is 0 Å². The second kappa shape index (κ2) is 5.94. The summed E-state index contributed by atoms with van der Waals surface area (Å²) in [5.41, 5.74) is 2.88. The maximum atomic E-state index is 12.4. The Morgan fingerprint density at radius 2 is 1.68 bits per heavy atom. The Bertz CT molecular complexity index is 535. The van der Waals surface area contributed by atoms with E-state index in [0.717, 1.165) is 39.0 Å². The first-order valence-electron chi connectivity index (χ1n) is 8.60. The third-order valence-electron chi connectivity index (χ3n) is 5.10. The molecule has 3 heteroatoms. The van der Waals surface area contributed by atoms with E-state index in [9.17, 15) is 4.79 Å². The van der Waals surface area contributed by atoms with Gasteiger partial charge in [0.15, 0.2) is 0 Å². The minimum atomic E-state index is 0.148. The number of para-hydroxylation sites is 1. The van der Waals surface area contributed by atoms with Gasteiger partial charge in [-0.1, -0.05) is 45.4 Å². The van der Waals surface area contributed by atoms with E-state index >= 15 is 0 Å². The molecule has 120 valence electrons. The van der Waals surface area contributed by atoms with Crippen LogP contribution in [0.15, 0.2) is 24.3 Å². The Morgan fingerprint density at radius 3 is 2.23 bits per heavy atom. The van der Waals surface area contributed by atoms with Crippen molar-refractivity contribution in [2.45, 2.75) is 45.4 Å². The molecule has 1 saturated heterocycles. The van der Waals surface area contributed by atoms with Crippen molar-refractivity contribution >= 4 is 11.6 Å². The Balaban J connectivity index is 1.68. The number of carbonyl (C=O) groups excluding carboxylic acids is 1. The second-order valence-corrected chi connectivity index (χ2v) is 7.71. The lowest BCUT2D eigenvalue weighted by atomic mass is 9.84. The maximum absolute atomic E-state index is 12.4. The van der Waals surface area contributed by atoms with Crippen LogP contribution in [0.25, 0.3) is 0 Å². The van der Waals surface area contributed by atoms with Crippen molar-refractivity contribution < 1.29 is 4.79 Å². The quantitative estimate of drug-likeness (QED) is 0.835. The highest BCUT2D eigenvalue weighted by molar-refractivity contribution is 5.80. The summed E-state index contributed by atoms with van der Waals surface area (Å²) in [7, 11) is 0. The molecule has 2 fully saturated rings. The second-order valence-electron chi connectivity index (χ2n) is 7.71. The highest BCUT2D eigenvalue weighted by Crippen LogP contribution is 2.33. The van der Waals surface area contributed by atoms with E-state index in [1.807, 2.05) is 0 Å². The number of benzene rings is 1. The van der Waals surface area contributed by atoms with Gasteiger partial charge in [0.2, 0.25) is 5.91 Å². The van der Waals surface area contributed by atoms with E-state index in [1.54, 1.807) is 0 Å². The number of rotatable bonds is 2. The number of amides is 1. The smallest absolute Gasteiger partial charge is 0.225 e. The summed E-state index contributed by atoms with van der Waals surface area (Å²) in [6.45, 7) is 10.4. The zero-order chi connectivity index (χ0) is 15.7. The summed E-state index contributed by atoms with van der Waals surface area (Å²) < 4.78 is 0. The van der Waals surface area contributed by atoms with Crippen LogP contribution in [0.5, 0.6) is 0 Å². The van der Waals surface area contributed by atoms with Gasteiger partial charge >= 0.3 is 0 Å². The number of anilines is 1. The van der Waals surface area contributed by atoms with Crippen LogP contribution < -0.4 is 4.90 Å². The molecule has 22 heavy (non-hydrogen) atoms. The molecule has 1 aliphatic carbocycles. The fourth-order valence-electron chi connectivity index (χ4n) is 3.46. The van der Waals surface area contributed by atoms with Gasteiger partial charge in [0.25, 0.3) is 0 Å². The Hall–Kier alpha value is -1.51. The molecule has 0 bridgehead atoms. The van der Waals surface area contributed by atoms with Crippen LogP contribution in [-0.2, 0) is 10.2 Å². The van der Waals surface area contributed by atoms with Crippen molar-refractivity contribution in [3.63, 3.8) is 0 Å². The molecule has 0 spiro atoms. The van der Waals surface area contributed by atoms with E-state index in [4.69, 9.17) is 0 Å². The van der Waals surface area contributed by atoms with Gasteiger partial charge in [-0.3, -0.25) is 4.79 Å². The Labute approximate surface area is 134 Å². The topological polar surface area (TPSA) is 23.6 Å². The number of carbonyl (C=O) groups is 1. The van der Waals surface area contributed by atoms with Gasteiger partial charge in [0.1, 0.15) is 0 Å². The van der Waals surface area contributed by atoms with E-state index < -0.39 is 0 Å².